The third kappa shape index (κ3) is 4.41. The van der Waals surface area contributed by atoms with Crippen molar-refractivity contribution < 1.29 is 18.7 Å². The number of carbonyl (C=O) groups excluding carboxylic acids is 1. The van der Waals surface area contributed by atoms with Crippen LogP contribution >= 0.6 is 11.6 Å². The Morgan fingerprint density at radius 1 is 1.14 bits per heavy atom. The van der Waals surface area contributed by atoms with Gasteiger partial charge in [0.15, 0.2) is 0 Å². The molecule has 0 atom stereocenters. The molecule has 0 radical (unpaired) electrons. The lowest BCUT2D eigenvalue weighted by atomic mass is 10.2. The van der Waals surface area contributed by atoms with Crippen molar-refractivity contribution in [1.29, 1.82) is 0 Å². The highest BCUT2D eigenvalue weighted by molar-refractivity contribution is 6.31. The average molecular weight is 417 g/mol. The van der Waals surface area contributed by atoms with Gasteiger partial charge in [-0.3, -0.25) is 9.59 Å². The van der Waals surface area contributed by atoms with Gasteiger partial charge in [-0.05, 0) is 36.4 Å². The number of hydrogen-bond donors (Lipinski definition) is 1. The van der Waals surface area contributed by atoms with E-state index < -0.39 is 17.3 Å². The molecule has 0 fully saturated rings. The molecular weight excluding hydrogens is 399 g/mol. The first kappa shape index (κ1) is 20.4. The van der Waals surface area contributed by atoms with Crippen LogP contribution in [0.5, 0.6) is 11.5 Å². The Balaban J connectivity index is 1.92. The molecule has 150 valence electrons. The highest BCUT2D eigenvalue weighted by atomic mass is 35.5. The molecule has 0 bridgehead atoms. The number of pyridine rings is 1. The zero-order chi connectivity index (χ0) is 21.0. The Kier molecular flexibility index (Phi) is 6.19. The first-order chi connectivity index (χ1) is 13.9. The minimum atomic E-state index is -0.629. The van der Waals surface area contributed by atoms with Crippen molar-refractivity contribution in [3.05, 3.63) is 87.0 Å². The number of halogens is 2. The number of aromatic nitrogens is 1. The number of rotatable bonds is 6. The Hall–Kier alpha value is -3.32. The van der Waals surface area contributed by atoms with Gasteiger partial charge in [0.2, 0.25) is 0 Å². The van der Waals surface area contributed by atoms with E-state index in [0.717, 1.165) is 0 Å². The number of benzene rings is 2. The molecule has 2 aromatic carbocycles. The van der Waals surface area contributed by atoms with Crippen LogP contribution in [-0.4, -0.2) is 24.7 Å². The van der Waals surface area contributed by atoms with Crippen LogP contribution in [0.2, 0.25) is 5.02 Å². The molecular formula is C21H18ClFN2O4. The summed E-state index contributed by atoms with van der Waals surface area (Å²) in [7, 11) is 2.96. The number of hydrogen-bond acceptors (Lipinski definition) is 4. The fraction of sp³-hybridized carbons (Fsp3) is 0.143. The number of nitrogens with zero attached hydrogens (tertiary/aromatic N) is 1. The van der Waals surface area contributed by atoms with Gasteiger partial charge in [-0.15, -0.1) is 0 Å². The highest BCUT2D eigenvalue weighted by Gasteiger charge is 2.16. The highest BCUT2D eigenvalue weighted by Crippen LogP contribution is 2.29. The van der Waals surface area contributed by atoms with Gasteiger partial charge in [0.25, 0.3) is 11.5 Å². The second kappa shape index (κ2) is 8.79. The lowest BCUT2D eigenvalue weighted by molar-refractivity contribution is 0.102. The van der Waals surface area contributed by atoms with Gasteiger partial charge in [0.1, 0.15) is 22.9 Å². The molecule has 0 saturated carbocycles. The standard InChI is InChI=1S/C21H18ClFN2O4/c1-28-13-8-9-19(29-2)18(11-13)24-20(26)14-5-4-10-25(21(14)27)12-15-16(22)6-3-7-17(15)23/h3-11H,12H2,1-2H3,(H,24,26). The van der Waals surface area contributed by atoms with E-state index in [0.29, 0.717) is 17.2 Å². The minimum Gasteiger partial charge on any atom is -0.497 e. The molecule has 0 aliphatic rings. The molecule has 0 saturated heterocycles. The summed E-state index contributed by atoms with van der Waals surface area (Å²) in [5.41, 5.74) is -0.164. The molecule has 29 heavy (non-hydrogen) atoms. The van der Waals surface area contributed by atoms with E-state index in [4.69, 9.17) is 21.1 Å². The molecule has 1 N–H and O–H groups in total. The largest absolute Gasteiger partial charge is 0.497 e. The summed E-state index contributed by atoms with van der Waals surface area (Å²) >= 11 is 6.04. The summed E-state index contributed by atoms with van der Waals surface area (Å²) in [6, 6.07) is 12.1. The second-order valence-corrected chi connectivity index (χ2v) is 6.48. The van der Waals surface area contributed by atoms with Gasteiger partial charge in [0.05, 0.1) is 26.5 Å². The Bertz CT molecular complexity index is 1090. The van der Waals surface area contributed by atoms with Crippen LogP contribution in [0.3, 0.4) is 0 Å². The van der Waals surface area contributed by atoms with E-state index in [1.54, 1.807) is 18.2 Å². The van der Waals surface area contributed by atoms with Gasteiger partial charge in [-0.25, -0.2) is 4.39 Å². The zero-order valence-electron chi connectivity index (χ0n) is 15.7. The zero-order valence-corrected chi connectivity index (χ0v) is 16.5. The van der Waals surface area contributed by atoms with Crippen LogP contribution in [-0.2, 0) is 6.54 Å². The maximum atomic E-state index is 14.1. The van der Waals surface area contributed by atoms with E-state index in [9.17, 15) is 14.0 Å². The van der Waals surface area contributed by atoms with Gasteiger partial charge in [0, 0.05) is 22.8 Å². The Morgan fingerprint density at radius 2 is 1.93 bits per heavy atom. The van der Waals surface area contributed by atoms with Gasteiger partial charge >= 0.3 is 0 Å². The third-order valence-corrected chi connectivity index (χ3v) is 4.66. The molecule has 1 amide bonds. The van der Waals surface area contributed by atoms with Crippen LogP contribution < -0.4 is 20.3 Å². The van der Waals surface area contributed by atoms with Crippen molar-refractivity contribution in [2.75, 3.05) is 19.5 Å². The monoisotopic (exact) mass is 416 g/mol. The van der Waals surface area contributed by atoms with Gasteiger partial charge < -0.3 is 19.4 Å². The predicted octanol–water partition coefficient (Wildman–Crippen LogP) is 3.96. The quantitative estimate of drug-likeness (QED) is 0.660. The van der Waals surface area contributed by atoms with Crippen molar-refractivity contribution in [3.8, 4) is 11.5 Å². The normalized spacial score (nSPS) is 10.5. The number of ether oxygens (including phenoxy) is 2. The predicted molar refractivity (Wildman–Crippen MR) is 109 cm³/mol. The van der Waals surface area contributed by atoms with E-state index in [-0.39, 0.29) is 22.7 Å². The number of anilines is 1. The second-order valence-electron chi connectivity index (χ2n) is 6.08. The maximum absolute atomic E-state index is 14.1. The molecule has 0 unspecified atom stereocenters. The van der Waals surface area contributed by atoms with Crippen molar-refractivity contribution in [3.63, 3.8) is 0 Å². The average Bonchev–Trinajstić information content (AvgIpc) is 2.71. The van der Waals surface area contributed by atoms with Gasteiger partial charge in [-0.2, -0.15) is 0 Å². The molecule has 8 heteroatoms. The lowest BCUT2D eigenvalue weighted by Crippen LogP contribution is -2.29. The first-order valence-electron chi connectivity index (χ1n) is 8.60. The molecule has 1 heterocycles. The number of nitrogens with one attached hydrogen (secondary N) is 1. The van der Waals surface area contributed by atoms with E-state index in [1.807, 2.05) is 0 Å². The SMILES string of the molecule is COc1ccc(OC)c(NC(=O)c2cccn(Cc3c(F)cccc3Cl)c2=O)c1. The van der Waals surface area contributed by atoms with Crippen LogP contribution in [0.25, 0.3) is 0 Å². The summed E-state index contributed by atoms with van der Waals surface area (Å²) in [6.07, 6.45) is 1.47. The molecule has 1 aromatic heterocycles. The van der Waals surface area contributed by atoms with Crippen molar-refractivity contribution in [2.24, 2.45) is 0 Å². The van der Waals surface area contributed by atoms with Crippen LogP contribution in [0.4, 0.5) is 10.1 Å². The fourth-order valence-corrected chi connectivity index (χ4v) is 3.01. The van der Waals surface area contributed by atoms with E-state index in [2.05, 4.69) is 5.32 Å². The summed E-state index contributed by atoms with van der Waals surface area (Å²) < 4.78 is 25.7. The summed E-state index contributed by atoms with van der Waals surface area (Å²) in [6.45, 7) is -0.103. The number of methoxy groups -OCH3 is 2. The Morgan fingerprint density at radius 3 is 2.62 bits per heavy atom. The number of amides is 1. The van der Waals surface area contributed by atoms with E-state index in [1.165, 1.54) is 55.3 Å². The first-order valence-corrected chi connectivity index (χ1v) is 8.98. The molecule has 3 aromatic rings. The fourth-order valence-electron chi connectivity index (χ4n) is 2.79. The summed E-state index contributed by atoms with van der Waals surface area (Å²) in [5, 5.41) is 2.85. The lowest BCUT2D eigenvalue weighted by Gasteiger charge is -2.13. The molecule has 0 spiro atoms. The van der Waals surface area contributed by atoms with Crippen molar-refractivity contribution in [2.45, 2.75) is 6.54 Å². The van der Waals surface area contributed by atoms with Crippen LogP contribution in [0, 0.1) is 5.82 Å². The van der Waals surface area contributed by atoms with E-state index >= 15 is 0 Å². The van der Waals surface area contributed by atoms with Crippen LogP contribution in [0.1, 0.15) is 15.9 Å². The van der Waals surface area contributed by atoms with Crippen molar-refractivity contribution >= 4 is 23.2 Å². The van der Waals surface area contributed by atoms with Crippen molar-refractivity contribution in [1.82, 2.24) is 4.57 Å². The topological polar surface area (TPSA) is 69.6 Å². The summed E-state index contributed by atoms with van der Waals surface area (Å²) in [5.74, 6) is -0.231. The molecule has 0 aliphatic heterocycles. The minimum absolute atomic E-state index is 0.103. The van der Waals surface area contributed by atoms with Gasteiger partial charge in [-0.1, -0.05) is 17.7 Å². The third-order valence-electron chi connectivity index (χ3n) is 4.31. The molecule has 0 aliphatic carbocycles. The maximum Gasteiger partial charge on any atom is 0.263 e. The summed E-state index contributed by atoms with van der Waals surface area (Å²) in [4.78, 5) is 25.5. The molecule has 3 rings (SSSR count). The Labute approximate surface area is 171 Å². The van der Waals surface area contributed by atoms with Crippen LogP contribution in [0.15, 0.2) is 59.5 Å². The molecule has 6 nitrogen and oxygen atoms in total. The number of carbonyl (C=O) groups is 1. The smallest absolute Gasteiger partial charge is 0.263 e.